The van der Waals surface area contributed by atoms with Crippen LogP contribution in [0.5, 0.6) is 5.75 Å². The zero-order valence-corrected chi connectivity index (χ0v) is 9.68. The Labute approximate surface area is 98.5 Å². The molecule has 0 radical (unpaired) electrons. The Morgan fingerprint density at radius 2 is 2.31 bits per heavy atom. The largest absolute Gasteiger partial charge is 0.494 e. The first-order valence-electron chi connectivity index (χ1n) is 4.86. The first-order chi connectivity index (χ1) is 7.67. The maximum absolute atomic E-state index is 12.9. The van der Waals surface area contributed by atoms with E-state index in [1.165, 1.54) is 25.3 Å². The van der Waals surface area contributed by atoms with E-state index in [9.17, 15) is 9.18 Å². The molecule has 88 valence electrons. The number of alkyl halides is 1. The van der Waals surface area contributed by atoms with E-state index in [0.29, 0.717) is 30.2 Å². The quantitative estimate of drug-likeness (QED) is 0.810. The van der Waals surface area contributed by atoms with Crippen LogP contribution in [0.1, 0.15) is 12.8 Å². The molecule has 1 rings (SSSR count). The molecular weight excluding hydrogens is 233 g/mol. The lowest BCUT2D eigenvalue weighted by molar-refractivity contribution is -0.116. The van der Waals surface area contributed by atoms with Crippen LogP contribution in [0, 0.1) is 5.82 Å². The van der Waals surface area contributed by atoms with E-state index in [1.54, 1.807) is 0 Å². The van der Waals surface area contributed by atoms with Gasteiger partial charge in [-0.15, -0.1) is 11.6 Å². The molecule has 3 nitrogen and oxygen atoms in total. The van der Waals surface area contributed by atoms with Crippen LogP contribution in [0.25, 0.3) is 0 Å². The Balaban J connectivity index is 2.69. The fourth-order valence-corrected chi connectivity index (χ4v) is 1.34. The summed E-state index contributed by atoms with van der Waals surface area (Å²) in [6, 6.07) is 3.95. The van der Waals surface area contributed by atoms with Crippen LogP contribution in [-0.4, -0.2) is 18.9 Å². The molecule has 16 heavy (non-hydrogen) atoms. The van der Waals surface area contributed by atoms with Crippen LogP contribution in [0.4, 0.5) is 10.1 Å². The molecule has 0 unspecified atom stereocenters. The Kier molecular flexibility index (Phi) is 5.05. The molecule has 0 heterocycles. The smallest absolute Gasteiger partial charge is 0.224 e. The number of rotatable bonds is 5. The van der Waals surface area contributed by atoms with Crippen molar-refractivity contribution in [3.63, 3.8) is 0 Å². The summed E-state index contributed by atoms with van der Waals surface area (Å²) < 4.78 is 17.8. The van der Waals surface area contributed by atoms with Crippen LogP contribution in [-0.2, 0) is 4.79 Å². The molecule has 1 aromatic carbocycles. The standard InChI is InChI=1S/C11H13ClFNO2/c1-16-10-7-8(13)4-5-9(10)14-11(15)3-2-6-12/h4-5,7H,2-3,6H2,1H3,(H,14,15). The molecule has 1 aromatic rings. The fraction of sp³-hybridized carbons (Fsp3) is 0.364. The minimum absolute atomic E-state index is 0.162. The van der Waals surface area contributed by atoms with E-state index < -0.39 is 5.82 Å². The molecule has 1 amide bonds. The minimum atomic E-state index is -0.407. The first-order valence-corrected chi connectivity index (χ1v) is 5.40. The molecular formula is C11H13ClFNO2. The average molecular weight is 246 g/mol. The molecule has 0 bridgehead atoms. The fourth-order valence-electron chi connectivity index (χ4n) is 1.21. The van der Waals surface area contributed by atoms with Gasteiger partial charge >= 0.3 is 0 Å². The third-order valence-electron chi connectivity index (χ3n) is 1.98. The summed E-state index contributed by atoms with van der Waals surface area (Å²) in [5.74, 6) is 0.175. The molecule has 0 atom stereocenters. The third-order valence-corrected chi connectivity index (χ3v) is 2.24. The molecule has 0 aliphatic heterocycles. The van der Waals surface area contributed by atoms with Crippen LogP contribution in [0.2, 0.25) is 0 Å². The number of benzene rings is 1. The molecule has 1 N–H and O–H groups in total. The number of amides is 1. The topological polar surface area (TPSA) is 38.3 Å². The highest BCUT2D eigenvalue weighted by molar-refractivity contribution is 6.18. The van der Waals surface area contributed by atoms with Gasteiger partial charge < -0.3 is 10.1 Å². The van der Waals surface area contributed by atoms with Gasteiger partial charge in [0.2, 0.25) is 5.91 Å². The summed E-state index contributed by atoms with van der Waals surface area (Å²) in [5, 5.41) is 2.63. The van der Waals surface area contributed by atoms with Crippen molar-refractivity contribution in [3.8, 4) is 5.75 Å². The summed E-state index contributed by atoms with van der Waals surface area (Å²) in [4.78, 5) is 11.4. The van der Waals surface area contributed by atoms with Gasteiger partial charge in [0.05, 0.1) is 12.8 Å². The highest BCUT2D eigenvalue weighted by atomic mass is 35.5. The van der Waals surface area contributed by atoms with E-state index in [-0.39, 0.29) is 5.91 Å². The third kappa shape index (κ3) is 3.70. The highest BCUT2D eigenvalue weighted by Crippen LogP contribution is 2.25. The van der Waals surface area contributed by atoms with Gasteiger partial charge in [-0.1, -0.05) is 0 Å². The van der Waals surface area contributed by atoms with E-state index in [1.807, 2.05) is 0 Å². The number of methoxy groups -OCH3 is 1. The number of carbonyl (C=O) groups is 1. The molecule has 0 aromatic heterocycles. The maximum Gasteiger partial charge on any atom is 0.224 e. The number of ether oxygens (including phenoxy) is 1. The van der Waals surface area contributed by atoms with Crippen molar-refractivity contribution in [1.82, 2.24) is 0 Å². The van der Waals surface area contributed by atoms with Crippen LogP contribution < -0.4 is 10.1 Å². The molecule has 0 saturated heterocycles. The maximum atomic E-state index is 12.9. The summed E-state index contributed by atoms with van der Waals surface area (Å²) in [6.07, 6.45) is 0.945. The van der Waals surface area contributed by atoms with Gasteiger partial charge in [-0.25, -0.2) is 4.39 Å². The predicted molar refractivity (Wildman–Crippen MR) is 61.5 cm³/mol. The van der Waals surface area contributed by atoms with Gasteiger partial charge in [0, 0.05) is 18.4 Å². The van der Waals surface area contributed by atoms with E-state index >= 15 is 0 Å². The van der Waals surface area contributed by atoms with Crippen LogP contribution in [0.15, 0.2) is 18.2 Å². The second-order valence-electron chi connectivity index (χ2n) is 3.19. The summed E-state index contributed by atoms with van der Waals surface area (Å²) >= 11 is 5.47. The summed E-state index contributed by atoms with van der Waals surface area (Å²) in [7, 11) is 1.42. The second kappa shape index (κ2) is 6.33. The molecule has 0 spiro atoms. The van der Waals surface area contributed by atoms with Crippen LogP contribution >= 0.6 is 11.6 Å². The summed E-state index contributed by atoms with van der Waals surface area (Å²) in [5.41, 5.74) is 0.462. The number of hydrogen-bond donors (Lipinski definition) is 1. The molecule has 0 aliphatic carbocycles. The lowest BCUT2D eigenvalue weighted by Gasteiger charge is -2.09. The second-order valence-corrected chi connectivity index (χ2v) is 3.56. The minimum Gasteiger partial charge on any atom is -0.494 e. The van der Waals surface area contributed by atoms with Crippen molar-refractivity contribution >= 4 is 23.2 Å². The van der Waals surface area contributed by atoms with Crippen molar-refractivity contribution in [2.45, 2.75) is 12.8 Å². The van der Waals surface area contributed by atoms with Gasteiger partial charge in [-0.3, -0.25) is 4.79 Å². The molecule has 5 heteroatoms. The van der Waals surface area contributed by atoms with Crippen molar-refractivity contribution in [3.05, 3.63) is 24.0 Å². The van der Waals surface area contributed by atoms with Crippen molar-refractivity contribution in [1.29, 1.82) is 0 Å². The zero-order valence-electron chi connectivity index (χ0n) is 8.93. The first kappa shape index (κ1) is 12.8. The number of carbonyl (C=O) groups excluding carboxylic acids is 1. The lowest BCUT2D eigenvalue weighted by Crippen LogP contribution is -2.12. The normalized spacial score (nSPS) is 9.94. The zero-order chi connectivity index (χ0) is 12.0. The van der Waals surface area contributed by atoms with Gasteiger partial charge in [-0.05, 0) is 18.6 Å². The van der Waals surface area contributed by atoms with Gasteiger partial charge in [0.15, 0.2) is 0 Å². The average Bonchev–Trinajstić information content (AvgIpc) is 2.28. The van der Waals surface area contributed by atoms with Crippen LogP contribution in [0.3, 0.4) is 0 Å². The van der Waals surface area contributed by atoms with E-state index in [2.05, 4.69) is 5.32 Å². The number of halogens is 2. The lowest BCUT2D eigenvalue weighted by atomic mass is 10.2. The molecule has 0 fully saturated rings. The number of nitrogens with one attached hydrogen (secondary N) is 1. The SMILES string of the molecule is COc1cc(F)ccc1NC(=O)CCCCl. The van der Waals surface area contributed by atoms with Gasteiger partial charge in [0.25, 0.3) is 0 Å². The predicted octanol–water partition coefficient (Wildman–Crippen LogP) is 2.79. The Morgan fingerprint density at radius 3 is 2.94 bits per heavy atom. The Bertz CT molecular complexity index is 371. The van der Waals surface area contributed by atoms with Crippen molar-refractivity contribution in [2.75, 3.05) is 18.3 Å². The molecule has 0 aliphatic rings. The Morgan fingerprint density at radius 1 is 1.56 bits per heavy atom. The van der Waals surface area contributed by atoms with Gasteiger partial charge in [0.1, 0.15) is 11.6 Å². The Hall–Kier alpha value is -1.29. The highest BCUT2D eigenvalue weighted by Gasteiger charge is 2.07. The molecule has 0 saturated carbocycles. The summed E-state index contributed by atoms with van der Waals surface area (Å²) in [6.45, 7) is 0. The van der Waals surface area contributed by atoms with E-state index in [4.69, 9.17) is 16.3 Å². The van der Waals surface area contributed by atoms with E-state index in [0.717, 1.165) is 0 Å². The number of anilines is 1. The van der Waals surface area contributed by atoms with Crippen molar-refractivity contribution in [2.24, 2.45) is 0 Å². The van der Waals surface area contributed by atoms with Crippen molar-refractivity contribution < 1.29 is 13.9 Å². The van der Waals surface area contributed by atoms with Gasteiger partial charge in [-0.2, -0.15) is 0 Å². The monoisotopic (exact) mass is 245 g/mol. The number of hydrogen-bond acceptors (Lipinski definition) is 2.